The lowest BCUT2D eigenvalue weighted by Gasteiger charge is -2.08. The van der Waals surface area contributed by atoms with Crippen molar-refractivity contribution in [3.63, 3.8) is 0 Å². The fraction of sp³-hybridized carbons (Fsp3) is 0.333. The second-order valence-corrected chi connectivity index (χ2v) is 7.90. The summed E-state index contributed by atoms with van der Waals surface area (Å²) in [5.41, 5.74) is 1.91. The van der Waals surface area contributed by atoms with E-state index in [4.69, 9.17) is 23.8 Å². The molecule has 0 unspecified atom stereocenters. The molecule has 0 saturated heterocycles. The summed E-state index contributed by atoms with van der Waals surface area (Å²) in [7, 11) is 0. The minimum absolute atomic E-state index is 0.0900. The highest BCUT2D eigenvalue weighted by atomic mass is 35.5. The molecular weight excluding hydrogens is 402 g/mol. The molecule has 9 heteroatoms. The van der Waals surface area contributed by atoms with Gasteiger partial charge >= 0.3 is 0 Å². The van der Waals surface area contributed by atoms with Crippen LogP contribution < -0.4 is 5.32 Å². The Morgan fingerprint density at radius 1 is 1.33 bits per heavy atom. The van der Waals surface area contributed by atoms with Crippen molar-refractivity contribution in [2.45, 2.75) is 32.7 Å². The van der Waals surface area contributed by atoms with Gasteiger partial charge in [0.05, 0.1) is 5.01 Å². The van der Waals surface area contributed by atoms with E-state index in [0.29, 0.717) is 22.2 Å². The molecule has 1 aromatic carbocycles. The first-order valence-corrected chi connectivity index (χ1v) is 10.3. The number of H-pyrrole nitrogens is 1. The van der Waals surface area contributed by atoms with E-state index in [1.807, 2.05) is 19.1 Å². The fourth-order valence-electron chi connectivity index (χ4n) is 2.63. The Morgan fingerprint density at radius 2 is 2.11 bits per heavy atom. The molecule has 3 rings (SSSR count). The highest BCUT2D eigenvalue weighted by Gasteiger charge is 2.12. The molecule has 1 amide bonds. The maximum Gasteiger partial charge on any atom is 0.240 e. The number of nitrogens with zero attached hydrogens (tertiary/aromatic N) is 3. The molecule has 0 spiro atoms. The lowest BCUT2D eigenvalue weighted by Crippen LogP contribution is -2.28. The van der Waals surface area contributed by atoms with Crippen molar-refractivity contribution >= 4 is 41.1 Å². The standard InChI is InChI=1S/C18H20ClN5OS2/c1-12-11-27-16(21-12)4-2-3-9-20-15(25)10-24-17(22-23-18(24)26)13-5-7-14(19)8-6-13/h5-8,11H,2-4,9-10H2,1H3,(H,20,25)(H,23,26). The molecule has 2 heterocycles. The summed E-state index contributed by atoms with van der Waals surface area (Å²) in [6, 6.07) is 7.26. The van der Waals surface area contributed by atoms with Gasteiger partial charge in [0.15, 0.2) is 10.6 Å². The van der Waals surface area contributed by atoms with Gasteiger partial charge in [0.1, 0.15) is 6.54 Å². The number of aromatic nitrogens is 4. The summed E-state index contributed by atoms with van der Waals surface area (Å²) in [5.74, 6) is 0.527. The molecular formula is C18H20ClN5OS2. The number of unbranched alkanes of at least 4 members (excludes halogenated alkanes) is 1. The van der Waals surface area contributed by atoms with Crippen LogP contribution in [0, 0.1) is 11.7 Å². The lowest BCUT2D eigenvalue weighted by molar-refractivity contribution is -0.121. The van der Waals surface area contributed by atoms with Gasteiger partial charge < -0.3 is 5.32 Å². The van der Waals surface area contributed by atoms with Gasteiger partial charge in [-0.25, -0.2) is 4.98 Å². The maximum atomic E-state index is 12.3. The monoisotopic (exact) mass is 421 g/mol. The average molecular weight is 422 g/mol. The molecule has 142 valence electrons. The lowest BCUT2D eigenvalue weighted by atomic mass is 10.2. The van der Waals surface area contributed by atoms with Crippen LogP contribution in [-0.4, -0.2) is 32.2 Å². The summed E-state index contributed by atoms with van der Waals surface area (Å²) >= 11 is 12.9. The Bertz CT molecular complexity index is 961. The Kier molecular flexibility index (Phi) is 6.76. The summed E-state index contributed by atoms with van der Waals surface area (Å²) in [5, 5.41) is 13.8. The van der Waals surface area contributed by atoms with E-state index in [-0.39, 0.29) is 12.5 Å². The first-order valence-electron chi connectivity index (χ1n) is 8.62. The Morgan fingerprint density at radius 3 is 2.81 bits per heavy atom. The Balaban J connectivity index is 1.50. The van der Waals surface area contributed by atoms with Crippen molar-refractivity contribution in [1.82, 2.24) is 25.1 Å². The summed E-state index contributed by atoms with van der Waals surface area (Å²) in [6.45, 7) is 2.75. The van der Waals surface area contributed by atoms with Crippen LogP contribution in [0.15, 0.2) is 29.6 Å². The number of hydrogen-bond donors (Lipinski definition) is 2. The van der Waals surface area contributed by atoms with Crippen LogP contribution in [0.3, 0.4) is 0 Å². The van der Waals surface area contributed by atoms with Gasteiger partial charge in [-0.3, -0.25) is 14.5 Å². The molecule has 3 aromatic rings. The third-order valence-electron chi connectivity index (χ3n) is 3.97. The fourth-order valence-corrected chi connectivity index (χ4v) is 3.77. The second kappa shape index (κ2) is 9.25. The van der Waals surface area contributed by atoms with Gasteiger partial charge in [0, 0.05) is 28.2 Å². The number of benzene rings is 1. The Hall–Kier alpha value is -2.03. The van der Waals surface area contributed by atoms with Crippen LogP contribution in [0.4, 0.5) is 0 Å². The molecule has 27 heavy (non-hydrogen) atoms. The number of thiazole rings is 1. The smallest absolute Gasteiger partial charge is 0.240 e. The van der Waals surface area contributed by atoms with Crippen molar-refractivity contribution in [1.29, 1.82) is 0 Å². The summed E-state index contributed by atoms with van der Waals surface area (Å²) in [6.07, 6.45) is 2.85. The number of rotatable bonds is 8. The van der Waals surface area contributed by atoms with Crippen molar-refractivity contribution in [3.05, 3.63) is 50.1 Å². The van der Waals surface area contributed by atoms with Crippen LogP contribution in [-0.2, 0) is 17.8 Å². The van der Waals surface area contributed by atoms with Gasteiger partial charge in [0.25, 0.3) is 0 Å². The van der Waals surface area contributed by atoms with Gasteiger partial charge in [-0.15, -0.1) is 11.3 Å². The second-order valence-electron chi connectivity index (χ2n) is 6.14. The number of nitrogens with one attached hydrogen (secondary N) is 2. The van der Waals surface area contributed by atoms with Gasteiger partial charge in [-0.05, 0) is 62.7 Å². The molecule has 0 fully saturated rings. The van der Waals surface area contributed by atoms with Crippen LogP contribution in [0.5, 0.6) is 0 Å². The number of halogens is 1. The molecule has 0 saturated carbocycles. The normalized spacial score (nSPS) is 10.9. The average Bonchev–Trinajstić information content (AvgIpc) is 3.22. The number of hydrogen-bond acceptors (Lipinski definition) is 5. The number of carbonyl (C=O) groups is 1. The van der Waals surface area contributed by atoms with Gasteiger partial charge in [-0.1, -0.05) is 11.6 Å². The predicted octanol–water partition coefficient (Wildman–Crippen LogP) is 4.17. The van der Waals surface area contributed by atoms with Crippen LogP contribution >= 0.6 is 35.2 Å². The first-order chi connectivity index (χ1) is 13.0. The minimum atomic E-state index is -0.0900. The summed E-state index contributed by atoms with van der Waals surface area (Å²) < 4.78 is 2.10. The molecule has 0 atom stereocenters. The highest BCUT2D eigenvalue weighted by Crippen LogP contribution is 2.19. The number of aryl methyl sites for hydroxylation is 2. The van der Waals surface area contributed by atoms with E-state index in [1.165, 1.54) is 0 Å². The van der Waals surface area contributed by atoms with Crippen LogP contribution in [0.25, 0.3) is 11.4 Å². The largest absolute Gasteiger partial charge is 0.355 e. The number of carbonyl (C=O) groups excluding carboxylic acids is 1. The quantitative estimate of drug-likeness (QED) is 0.423. The van der Waals surface area contributed by atoms with E-state index >= 15 is 0 Å². The SMILES string of the molecule is Cc1csc(CCCCNC(=O)Cn2c(-c3ccc(Cl)cc3)n[nH]c2=S)n1. The number of amides is 1. The molecule has 6 nitrogen and oxygen atoms in total. The van der Waals surface area contributed by atoms with Crippen molar-refractivity contribution in [2.75, 3.05) is 6.54 Å². The molecule has 0 aliphatic carbocycles. The van der Waals surface area contributed by atoms with Gasteiger partial charge in [-0.2, -0.15) is 5.10 Å². The zero-order valence-electron chi connectivity index (χ0n) is 14.9. The molecule has 0 bridgehead atoms. The topological polar surface area (TPSA) is 75.6 Å². The van der Waals surface area contributed by atoms with Crippen molar-refractivity contribution in [3.8, 4) is 11.4 Å². The first kappa shape index (κ1) is 19.7. The van der Waals surface area contributed by atoms with Crippen molar-refractivity contribution in [2.24, 2.45) is 0 Å². The van der Waals surface area contributed by atoms with E-state index in [1.54, 1.807) is 28.0 Å². The molecule has 0 aliphatic heterocycles. The maximum absolute atomic E-state index is 12.3. The van der Waals surface area contributed by atoms with E-state index < -0.39 is 0 Å². The van der Waals surface area contributed by atoms with Gasteiger partial charge in [0.2, 0.25) is 5.91 Å². The molecule has 2 N–H and O–H groups in total. The third kappa shape index (κ3) is 5.47. The molecule has 0 aliphatic rings. The third-order valence-corrected chi connectivity index (χ3v) is 5.56. The summed E-state index contributed by atoms with van der Waals surface area (Å²) in [4.78, 5) is 16.7. The van der Waals surface area contributed by atoms with Crippen LogP contribution in [0.2, 0.25) is 5.02 Å². The predicted molar refractivity (Wildman–Crippen MR) is 111 cm³/mol. The minimum Gasteiger partial charge on any atom is -0.355 e. The molecule has 0 radical (unpaired) electrons. The zero-order chi connectivity index (χ0) is 19.2. The van der Waals surface area contributed by atoms with Crippen LogP contribution in [0.1, 0.15) is 23.5 Å². The van der Waals surface area contributed by atoms with Crippen molar-refractivity contribution < 1.29 is 4.79 Å². The Labute approximate surface area is 171 Å². The highest BCUT2D eigenvalue weighted by molar-refractivity contribution is 7.71. The van der Waals surface area contributed by atoms with E-state index in [0.717, 1.165) is 35.5 Å². The van der Waals surface area contributed by atoms with E-state index in [9.17, 15) is 4.79 Å². The molecule has 2 aromatic heterocycles. The van der Waals surface area contributed by atoms with E-state index in [2.05, 4.69) is 25.9 Å². The zero-order valence-corrected chi connectivity index (χ0v) is 17.3. The number of aromatic amines is 1.